The molecule has 0 bridgehead atoms. The van der Waals surface area contributed by atoms with Crippen LogP contribution in [-0.2, 0) is 9.59 Å². The van der Waals surface area contributed by atoms with Crippen LogP contribution < -0.4 is 0 Å². The van der Waals surface area contributed by atoms with E-state index in [2.05, 4.69) is 0 Å². The number of fused-ring (bicyclic) bond motifs is 1. The fourth-order valence-electron chi connectivity index (χ4n) is 4.78. The average molecular weight is 532 g/mol. The van der Waals surface area contributed by atoms with Gasteiger partial charge in [0, 0.05) is 45.1 Å². The topological polar surface area (TPSA) is 82.9 Å². The van der Waals surface area contributed by atoms with Crippen molar-refractivity contribution in [2.24, 2.45) is 5.10 Å². The summed E-state index contributed by atoms with van der Waals surface area (Å²) >= 11 is 12.5. The molecule has 1 atom stereocenters. The predicted molar refractivity (Wildman–Crippen MR) is 146 cm³/mol. The highest BCUT2D eigenvalue weighted by atomic mass is 35.5. The molecule has 0 saturated carbocycles. The number of carbonyl (C=O) groups excluding carboxylic acids is 1. The summed E-state index contributed by atoms with van der Waals surface area (Å²) in [4.78, 5) is 29.2. The number of hydrazone groups is 1. The fourth-order valence-corrected chi connectivity index (χ4v) is 5.08. The number of halogens is 2. The summed E-state index contributed by atoms with van der Waals surface area (Å²) in [5.41, 5.74) is 5.93. The van der Waals surface area contributed by atoms with Gasteiger partial charge in [0.05, 0.1) is 23.7 Å². The van der Waals surface area contributed by atoms with Crippen molar-refractivity contribution >= 4 is 51.7 Å². The lowest BCUT2D eigenvalue weighted by Gasteiger charge is -2.22. The molecule has 1 aromatic heterocycles. The number of hydrogen-bond donors (Lipinski definition) is 1. The summed E-state index contributed by atoms with van der Waals surface area (Å²) in [5, 5.41) is 17.4. The van der Waals surface area contributed by atoms with Gasteiger partial charge in [-0.1, -0.05) is 65.7 Å². The van der Waals surface area contributed by atoms with Crippen LogP contribution in [0.15, 0.2) is 77.9 Å². The Labute approximate surface area is 224 Å². The molecule has 1 amide bonds. The van der Waals surface area contributed by atoms with Crippen molar-refractivity contribution < 1.29 is 14.7 Å². The smallest absolute Gasteiger partial charge is 0.303 e. The first-order chi connectivity index (χ1) is 17.8. The molecule has 2 heterocycles. The normalized spacial score (nSPS) is 15.2. The van der Waals surface area contributed by atoms with Crippen molar-refractivity contribution in [3.8, 4) is 11.1 Å². The second kappa shape index (κ2) is 10.3. The molecule has 5 rings (SSSR count). The zero-order valence-corrected chi connectivity index (χ0v) is 21.5. The molecule has 0 saturated heterocycles. The third-order valence-electron chi connectivity index (χ3n) is 6.45. The zero-order chi connectivity index (χ0) is 26.1. The van der Waals surface area contributed by atoms with Gasteiger partial charge >= 0.3 is 5.97 Å². The number of aryl methyl sites for hydroxylation is 1. The van der Waals surface area contributed by atoms with Crippen molar-refractivity contribution in [1.29, 1.82) is 0 Å². The maximum absolute atomic E-state index is 13.2. The monoisotopic (exact) mass is 531 g/mol. The number of pyridine rings is 1. The van der Waals surface area contributed by atoms with Crippen LogP contribution in [0.4, 0.5) is 0 Å². The van der Waals surface area contributed by atoms with E-state index < -0.39 is 12.0 Å². The molecule has 3 aromatic carbocycles. The van der Waals surface area contributed by atoms with Crippen LogP contribution in [0.25, 0.3) is 22.0 Å². The van der Waals surface area contributed by atoms with Crippen LogP contribution >= 0.6 is 23.2 Å². The minimum atomic E-state index is -1.03. The Morgan fingerprint density at radius 2 is 1.65 bits per heavy atom. The molecule has 4 aromatic rings. The first-order valence-electron chi connectivity index (χ1n) is 11.8. The number of carbonyl (C=O) groups is 2. The third kappa shape index (κ3) is 5.08. The quantitative estimate of drug-likeness (QED) is 0.288. The molecule has 1 aliphatic rings. The Morgan fingerprint density at radius 1 is 0.946 bits per heavy atom. The van der Waals surface area contributed by atoms with Crippen molar-refractivity contribution in [2.45, 2.75) is 32.2 Å². The standard InChI is InChI=1S/C29H23Cl2N3O3/c1-17-28(29(19-5-3-2-4-6-19)22-15-21(31)11-12-23(22)32-17)24-16-25(18-7-9-20(30)10-8-18)34(33-24)26(35)13-14-27(36)37/h2-12,15,25H,13-14,16H2,1H3,(H,36,37)/t25-/m0/s1. The summed E-state index contributed by atoms with van der Waals surface area (Å²) in [6.07, 6.45) is 0.0268. The summed E-state index contributed by atoms with van der Waals surface area (Å²) in [6, 6.07) is 22.5. The fraction of sp³-hybridized carbons (Fsp3) is 0.172. The van der Waals surface area contributed by atoms with Crippen LogP contribution in [0, 0.1) is 6.92 Å². The van der Waals surface area contributed by atoms with Crippen molar-refractivity contribution in [1.82, 2.24) is 9.99 Å². The van der Waals surface area contributed by atoms with Gasteiger partial charge in [-0.05, 0) is 48.4 Å². The summed E-state index contributed by atoms with van der Waals surface area (Å²) in [6.45, 7) is 1.94. The highest BCUT2D eigenvalue weighted by molar-refractivity contribution is 6.31. The Morgan fingerprint density at radius 3 is 2.35 bits per heavy atom. The number of carboxylic acid groups (broad SMARTS) is 1. The van der Waals surface area contributed by atoms with E-state index in [1.807, 2.05) is 67.6 Å². The van der Waals surface area contributed by atoms with Gasteiger partial charge in [-0.2, -0.15) is 5.10 Å². The van der Waals surface area contributed by atoms with E-state index >= 15 is 0 Å². The van der Waals surface area contributed by atoms with Crippen LogP contribution in [-0.4, -0.2) is 32.7 Å². The number of aliphatic carboxylic acids is 1. The number of benzene rings is 3. The SMILES string of the molecule is Cc1nc2ccc(Cl)cc2c(-c2ccccc2)c1C1=NN(C(=O)CCC(=O)O)[C@H](c2ccc(Cl)cc2)C1. The van der Waals surface area contributed by atoms with Gasteiger partial charge in [-0.25, -0.2) is 5.01 Å². The Balaban J connectivity index is 1.69. The van der Waals surface area contributed by atoms with E-state index in [4.69, 9.17) is 38.4 Å². The van der Waals surface area contributed by atoms with Gasteiger partial charge in [-0.15, -0.1) is 0 Å². The molecular formula is C29H23Cl2N3O3. The minimum Gasteiger partial charge on any atom is -0.481 e. The number of carboxylic acids is 1. The Kier molecular flexibility index (Phi) is 6.96. The molecule has 0 spiro atoms. The Bertz CT molecular complexity index is 1540. The second-order valence-corrected chi connectivity index (χ2v) is 9.80. The third-order valence-corrected chi connectivity index (χ3v) is 6.94. The first kappa shape index (κ1) is 24.9. The van der Waals surface area contributed by atoms with Gasteiger partial charge in [0.1, 0.15) is 0 Å². The molecule has 37 heavy (non-hydrogen) atoms. The number of amides is 1. The lowest BCUT2D eigenvalue weighted by molar-refractivity contribution is -0.141. The highest BCUT2D eigenvalue weighted by Gasteiger charge is 2.35. The molecule has 0 radical (unpaired) electrons. The van der Waals surface area contributed by atoms with Crippen molar-refractivity contribution in [3.63, 3.8) is 0 Å². The van der Waals surface area contributed by atoms with Crippen LogP contribution in [0.3, 0.4) is 0 Å². The first-order valence-corrected chi connectivity index (χ1v) is 12.6. The molecule has 186 valence electrons. The van der Waals surface area contributed by atoms with E-state index in [0.29, 0.717) is 22.2 Å². The number of aromatic nitrogens is 1. The number of hydrogen-bond acceptors (Lipinski definition) is 4. The molecule has 6 nitrogen and oxygen atoms in total. The largest absolute Gasteiger partial charge is 0.481 e. The molecule has 0 unspecified atom stereocenters. The lowest BCUT2D eigenvalue weighted by Crippen LogP contribution is -2.27. The molecule has 8 heteroatoms. The highest BCUT2D eigenvalue weighted by Crippen LogP contribution is 2.40. The van der Waals surface area contributed by atoms with Gasteiger partial charge in [0.15, 0.2) is 0 Å². The Hall–Kier alpha value is -3.74. The van der Waals surface area contributed by atoms with E-state index in [1.165, 1.54) is 5.01 Å². The van der Waals surface area contributed by atoms with E-state index in [0.717, 1.165) is 38.9 Å². The van der Waals surface area contributed by atoms with Gasteiger partial charge < -0.3 is 5.11 Å². The summed E-state index contributed by atoms with van der Waals surface area (Å²) < 4.78 is 0. The van der Waals surface area contributed by atoms with Gasteiger partial charge in [-0.3, -0.25) is 14.6 Å². The number of nitrogens with zero attached hydrogens (tertiary/aromatic N) is 3. The van der Waals surface area contributed by atoms with E-state index in [1.54, 1.807) is 12.1 Å². The molecule has 0 fully saturated rings. The lowest BCUT2D eigenvalue weighted by atomic mass is 9.89. The van der Waals surface area contributed by atoms with E-state index in [-0.39, 0.29) is 18.7 Å². The molecule has 1 N–H and O–H groups in total. The van der Waals surface area contributed by atoms with E-state index in [9.17, 15) is 9.59 Å². The second-order valence-electron chi connectivity index (χ2n) is 8.92. The van der Waals surface area contributed by atoms with Gasteiger partial charge in [0.25, 0.3) is 0 Å². The zero-order valence-electron chi connectivity index (χ0n) is 20.0. The van der Waals surface area contributed by atoms with Crippen molar-refractivity contribution in [2.75, 3.05) is 0 Å². The molecular weight excluding hydrogens is 509 g/mol. The predicted octanol–water partition coefficient (Wildman–Crippen LogP) is 7.06. The van der Waals surface area contributed by atoms with Crippen molar-refractivity contribution in [3.05, 3.63) is 99.7 Å². The maximum Gasteiger partial charge on any atom is 0.303 e. The van der Waals surface area contributed by atoms with Crippen LogP contribution in [0.5, 0.6) is 0 Å². The maximum atomic E-state index is 13.2. The number of rotatable bonds is 6. The van der Waals surface area contributed by atoms with Crippen LogP contribution in [0.1, 0.15) is 42.1 Å². The minimum absolute atomic E-state index is 0.147. The molecule has 0 aliphatic carbocycles. The van der Waals surface area contributed by atoms with Crippen LogP contribution in [0.2, 0.25) is 10.0 Å². The average Bonchev–Trinajstić information content (AvgIpc) is 3.32. The molecule has 1 aliphatic heterocycles. The summed E-state index contributed by atoms with van der Waals surface area (Å²) in [5.74, 6) is -1.38. The summed E-state index contributed by atoms with van der Waals surface area (Å²) in [7, 11) is 0. The van der Waals surface area contributed by atoms with Gasteiger partial charge in [0.2, 0.25) is 5.91 Å².